The zero-order valence-electron chi connectivity index (χ0n) is 8.22. The molecule has 0 aromatic carbocycles. The van der Waals surface area contributed by atoms with Crippen molar-refractivity contribution < 1.29 is 4.79 Å². The fourth-order valence-corrected chi connectivity index (χ4v) is 3.94. The molecule has 0 aliphatic carbocycles. The lowest BCUT2D eigenvalue weighted by Crippen LogP contribution is -2.23. The molecule has 0 saturated carbocycles. The summed E-state index contributed by atoms with van der Waals surface area (Å²) in [6, 6.07) is 2.21. The summed E-state index contributed by atoms with van der Waals surface area (Å²) in [5.74, 6) is 2.29. The summed E-state index contributed by atoms with van der Waals surface area (Å²) in [7, 11) is 0. The molecule has 1 aromatic heterocycles. The maximum absolute atomic E-state index is 11.0. The van der Waals surface area contributed by atoms with E-state index in [-0.39, 0.29) is 11.8 Å². The first-order valence-corrected chi connectivity index (χ1v) is 7.31. The number of aryl methyl sites for hydroxylation is 1. The summed E-state index contributed by atoms with van der Waals surface area (Å²) in [6.45, 7) is 0.619. The van der Waals surface area contributed by atoms with E-state index in [1.807, 2.05) is 23.1 Å². The van der Waals surface area contributed by atoms with Crippen LogP contribution in [0.4, 0.5) is 0 Å². The molecule has 82 valence electrons. The molecule has 5 heteroatoms. The van der Waals surface area contributed by atoms with Gasteiger partial charge in [0.1, 0.15) is 5.88 Å². The van der Waals surface area contributed by atoms with Crippen LogP contribution in [-0.2, 0) is 23.5 Å². The molecule has 0 unspecified atom stereocenters. The second-order valence-electron chi connectivity index (χ2n) is 3.37. The minimum absolute atomic E-state index is 0.0426. The van der Waals surface area contributed by atoms with Gasteiger partial charge in [0.05, 0.1) is 6.54 Å². The molecule has 2 rings (SSSR count). The monoisotopic (exact) mass is 261 g/mol. The summed E-state index contributed by atoms with van der Waals surface area (Å²) >= 11 is 9.20. The number of alkyl halides is 1. The third-order valence-corrected chi connectivity index (χ3v) is 4.75. The van der Waals surface area contributed by atoms with Crippen molar-refractivity contribution in [3.05, 3.63) is 21.4 Å². The van der Waals surface area contributed by atoms with Crippen LogP contribution >= 0.6 is 34.7 Å². The van der Waals surface area contributed by atoms with E-state index >= 15 is 0 Å². The van der Waals surface area contributed by atoms with Crippen molar-refractivity contribution in [2.75, 3.05) is 11.6 Å². The number of carbonyl (C=O) groups is 1. The maximum Gasteiger partial charge on any atom is 0.235 e. The maximum atomic E-state index is 11.0. The van der Waals surface area contributed by atoms with Crippen molar-refractivity contribution >= 4 is 40.6 Å². The number of rotatable bonds is 3. The van der Waals surface area contributed by atoms with Crippen LogP contribution < -0.4 is 5.32 Å². The van der Waals surface area contributed by atoms with Crippen molar-refractivity contribution in [3.63, 3.8) is 0 Å². The van der Waals surface area contributed by atoms with E-state index in [2.05, 4.69) is 11.4 Å². The van der Waals surface area contributed by atoms with Crippen LogP contribution in [0.2, 0.25) is 0 Å². The molecule has 0 atom stereocenters. The molecule has 15 heavy (non-hydrogen) atoms. The van der Waals surface area contributed by atoms with E-state index < -0.39 is 0 Å². The van der Waals surface area contributed by atoms with Crippen LogP contribution in [0.25, 0.3) is 0 Å². The van der Waals surface area contributed by atoms with Gasteiger partial charge in [0, 0.05) is 15.5 Å². The van der Waals surface area contributed by atoms with Gasteiger partial charge in [0.2, 0.25) is 5.91 Å². The lowest BCUT2D eigenvalue weighted by molar-refractivity contribution is -0.118. The number of thiophene rings is 1. The van der Waals surface area contributed by atoms with Gasteiger partial charge in [-0.15, -0.1) is 22.9 Å². The molecule has 0 fully saturated rings. The second-order valence-corrected chi connectivity index (χ2v) is 5.97. The highest BCUT2D eigenvalue weighted by molar-refractivity contribution is 7.98. The molecule has 1 aromatic rings. The number of fused-ring (bicyclic) bond motifs is 1. The van der Waals surface area contributed by atoms with Crippen molar-refractivity contribution in [2.45, 2.75) is 18.7 Å². The zero-order valence-corrected chi connectivity index (χ0v) is 10.6. The van der Waals surface area contributed by atoms with E-state index in [1.165, 1.54) is 27.5 Å². The minimum Gasteiger partial charge on any atom is -0.350 e. The molecule has 1 aliphatic heterocycles. The third kappa shape index (κ3) is 2.89. The van der Waals surface area contributed by atoms with E-state index in [9.17, 15) is 4.79 Å². The summed E-state index contributed by atoms with van der Waals surface area (Å²) in [4.78, 5) is 13.7. The molecule has 0 radical (unpaired) electrons. The van der Waals surface area contributed by atoms with Gasteiger partial charge in [0.25, 0.3) is 0 Å². The van der Waals surface area contributed by atoms with E-state index in [4.69, 9.17) is 11.6 Å². The summed E-state index contributed by atoms with van der Waals surface area (Å²) < 4.78 is 0. The van der Waals surface area contributed by atoms with Crippen molar-refractivity contribution in [1.29, 1.82) is 0 Å². The highest BCUT2D eigenvalue weighted by Gasteiger charge is 2.13. The largest absolute Gasteiger partial charge is 0.350 e. The van der Waals surface area contributed by atoms with E-state index in [0.717, 1.165) is 5.75 Å². The van der Waals surface area contributed by atoms with Gasteiger partial charge in [-0.25, -0.2) is 0 Å². The zero-order chi connectivity index (χ0) is 10.7. The van der Waals surface area contributed by atoms with E-state index in [1.54, 1.807) is 0 Å². The predicted octanol–water partition coefficient (Wildman–Crippen LogP) is 2.39. The van der Waals surface area contributed by atoms with Crippen LogP contribution in [0.1, 0.15) is 15.3 Å². The van der Waals surface area contributed by atoms with Gasteiger partial charge < -0.3 is 5.32 Å². The Morgan fingerprint density at radius 1 is 1.60 bits per heavy atom. The predicted molar refractivity (Wildman–Crippen MR) is 66.8 cm³/mol. The Balaban J connectivity index is 1.97. The molecule has 2 nitrogen and oxygen atoms in total. The van der Waals surface area contributed by atoms with Gasteiger partial charge >= 0.3 is 0 Å². The van der Waals surface area contributed by atoms with Crippen LogP contribution in [0.15, 0.2) is 6.07 Å². The standard InChI is InChI=1S/C10H12ClNOS2/c11-4-10(13)12-5-8-3-7-6-14-2-1-9(7)15-8/h3H,1-2,4-6H2,(H,12,13). The molecule has 0 bridgehead atoms. The van der Waals surface area contributed by atoms with Crippen molar-refractivity contribution in [1.82, 2.24) is 5.32 Å². The van der Waals surface area contributed by atoms with Crippen LogP contribution in [0, 0.1) is 0 Å². The van der Waals surface area contributed by atoms with Gasteiger partial charge in [-0.1, -0.05) is 0 Å². The van der Waals surface area contributed by atoms with Crippen molar-refractivity contribution in [2.24, 2.45) is 0 Å². The molecule has 1 amide bonds. The number of hydrogen-bond donors (Lipinski definition) is 1. The number of hydrogen-bond acceptors (Lipinski definition) is 3. The molecule has 1 aliphatic rings. The van der Waals surface area contributed by atoms with Crippen LogP contribution in [0.5, 0.6) is 0 Å². The van der Waals surface area contributed by atoms with Crippen LogP contribution in [-0.4, -0.2) is 17.5 Å². The molecule has 2 heterocycles. The summed E-state index contributed by atoms with van der Waals surface area (Å²) in [6.07, 6.45) is 1.17. The number of nitrogens with one attached hydrogen (secondary N) is 1. The average Bonchev–Trinajstić information content (AvgIpc) is 2.68. The molecule has 0 saturated heterocycles. The van der Waals surface area contributed by atoms with Crippen LogP contribution in [0.3, 0.4) is 0 Å². The normalized spacial score (nSPS) is 14.7. The van der Waals surface area contributed by atoms with Gasteiger partial charge in [-0.3, -0.25) is 4.79 Å². The molecular formula is C10H12ClNOS2. The Bertz CT molecular complexity index is 341. The highest BCUT2D eigenvalue weighted by atomic mass is 35.5. The minimum atomic E-state index is -0.0996. The average molecular weight is 262 g/mol. The topological polar surface area (TPSA) is 29.1 Å². The Morgan fingerprint density at radius 2 is 2.47 bits per heavy atom. The molecule has 1 N–H and O–H groups in total. The second kappa shape index (κ2) is 5.23. The lowest BCUT2D eigenvalue weighted by Gasteiger charge is -2.08. The Labute approximate surface area is 102 Å². The first-order chi connectivity index (χ1) is 7.29. The van der Waals surface area contributed by atoms with Gasteiger partial charge in [0.15, 0.2) is 0 Å². The molecule has 0 spiro atoms. The summed E-state index contributed by atoms with van der Waals surface area (Å²) in [5.41, 5.74) is 1.45. The van der Waals surface area contributed by atoms with Gasteiger partial charge in [-0.2, -0.15) is 11.8 Å². The first kappa shape index (κ1) is 11.3. The Kier molecular flexibility index (Phi) is 3.94. The van der Waals surface area contributed by atoms with Gasteiger partial charge in [-0.05, 0) is 23.8 Å². The fraction of sp³-hybridized carbons (Fsp3) is 0.500. The van der Waals surface area contributed by atoms with Crippen molar-refractivity contribution in [3.8, 4) is 0 Å². The Hall–Kier alpha value is -0.190. The Morgan fingerprint density at radius 3 is 3.20 bits per heavy atom. The number of amides is 1. The lowest BCUT2D eigenvalue weighted by atomic mass is 10.2. The fourth-order valence-electron chi connectivity index (χ4n) is 1.53. The highest BCUT2D eigenvalue weighted by Crippen LogP contribution is 2.31. The quantitative estimate of drug-likeness (QED) is 0.847. The first-order valence-electron chi connectivity index (χ1n) is 4.80. The number of thioether (sulfide) groups is 1. The molecular weight excluding hydrogens is 250 g/mol. The smallest absolute Gasteiger partial charge is 0.235 e. The van der Waals surface area contributed by atoms with E-state index in [0.29, 0.717) is 6.54 Å². The summed E-state index contributed by atoms with van der Waals surface area (Å²) in [5, 5.41) is 2.79. The number of halogens is 1. The SMILES string of the molecule is O=C(CCl)NCc1cc2c(s1)CCSC2. The number of carbonyl (C=O) groups excluding carboxylic acids is 1. The third-order valence-electron chi connectivity index (χ3n) is 2.26.